The summed E-state index contributed by atoms with van der Waals surface area (Å²) in [6.07, 6.45) is 7.23. The highest BCUT2D eigenvalue weighted by Crippen LogP contribution is 2.23. The molecule has 0 radical (unpaired) electrons. The van der Waals surface area contributed by atoms with Crippen LogP contribution in [0.3, 0.4) is 0 Å². The molecule has 0 bridgehead atoms. The number of piperazine rings is 1. The van der Waals surface area contributed by atoms with E-state index in [9.17, 15) is 4.79 Å². The van der Waals surface area contributed by atoms with Gasteiger partial charge in [0.05, 0.1) is 11.9 Å². The predicted molar refractivity (Wildman–Crippen MR) is 104 cm³/mol. The van der Waals surface area contributed by atoms with Crippen molar-refractivity contribution >= 4 is 22.6 Å². The fourth-order valence-electron chi connectivity index (χ4n) is 3.24. The SMILES string of the molecule is C[C@@H]1CN(C(=O)Nc2cc3cc(-c4cnn(C)c4)ncc3cn2)CCN1C. The molecule has 0 unspecified atom stereocenters. The first-order valence-electron chi connectivity index (χ1n) is 9.00. The molecule has 3 aromatic heterocycles. The minimum absolute atomic E-state index is 0.108. The monoisotopic (exact) mass is 365 g/mol. The van der Waals surface area contributed by atoms with Crippen LogP contribution in [0.5, 0.6) is 0 Å². The normalized spacial score (nSPS) is 18.0. The first kappa shape index (κ1) is 17.4. The minimum atomic E-state index is -0.108. The Labute approximate surface area is 157 Å². The second-order valence-electron chi connectivity index (χ2n) is 7.09. The number of anilines is 1. The summed E-state index contributed by atoms with van der Waals surface area (Å²) in [5, 5.41) is 9.01. The number of carbonyl (C=O) groups excluding carboxylic acids is 1. The first-order valence-corrected chi connectivity index (χ1v) is 9.00. The number of carbonyl (C=O) groups is 1. The van der Waals surface area contributed by atoms with E-state index in [0.717, 1.165) is 35.1 Å². The number of nitrogens with one attached hydrogen (secondary N) is 1. The Balaban J connectivity index is 1.54. The van der Waals surface area contributed by atoms with E-state index in [0.29, 0.717) is 18.4 Å². The van der Waals surface area contributed by atoms with Gasteiger partial charge in [0, 0.05) is 62.3 Å². The van der Waals surface area contributed by atoms with Gasteiger partial charge in [0.2, 0.25) is 0 Å². The van der Waals surface area contributed by atoms with E-state index in [4.69, 9.17) is 0 Å². The largest absolute Gasteiger partial charge is 0.323 e. The molecular weight excluding hydrogens is 342 g/mol. The van der Waals surface area contributed by atoms with Gasteiger partial charge in [-0.1, -0.05) is 0 Å². The molecule has 140 valence electrons. The Morgan fingerprint density at radius 2 is 1.93 bits per heavy atom. The average Bonchev–Trinajstić information content (AvgIpc) is 3.09. The van der Waals surface area contributed by atoms with Gasteiger partial charge in [-0.25, -0.2) is 9.78 Å². The number of aryl methyl sites for hydroxylation is 1. The van der Waals surface area contributed by atoms with Gasteiger partial charge in [0.1, 0.15) is 5.82 Å². The number of hydrogen-bond acceptors (Lipinski definition) is 5. The Morgan fingerprint density at radius 3 is 2.67 bits per heavy atom. The molecular formula is C19H23N7O. The van der Waals surface area contributed by atoms with E-state index in [1.165, 1.54) is 0 Å². The lowest BCUT2D eigenvalue weighted by molar-refractivity contribution is 0.125. The Morgan fingerprint density at radius 1 is 1.11 bits per heavy atom. The van der Waals surface area contributed by atoms with Gasteiger partial charge in [-0.2, -0.15) is 5.10 Å². The zero-order valence-electron chi connectivity index (χ0n) is 15.8. The van der Waals surface area contributed by atoms with Gasteiger partial charge in [-0.3, -0.25) is 15.0 Å². The van der Waals surface area contributed by atoms with Crippen molar-refractivity contribution < 1.29 is 4.79 Å². The lowest BCUT2D eigenvalue weighted by atomic mass is 10.1. The molecule has 8 nitrogen and oxygen atoms in total. The maximum Gasteiger partial charge on any atom is 0.323 e. The molecule has 1 N–H and O–H groups in total. The molecule has 27 heavy (non-hydrogen) atoms. The lowest BCUT2D eigenvalue weighted by Gasteiger charge is -2.37. The molecule has 4 rings (SSSR count). The van der Waals surface area contributed by atoms with Crippen molar-refractivity contribution in [3.8, 4) is 11.3 Å². The van der Waals surface area contributed by atoms with Gasteiger partial charge in [0.25, 0.3) is 0 Å². The molecule has 1 fully saturated rings. The van der Waals surface area contributed by atoms with Crippen molar-refractivity contribution in [2.24, 2.45) is 7.05 Å². The topological polar surface area (TPSA) is 79.2 Å². The summed E-state index contributed by atoms with van der Waals surface area (Å²) in [5.74, 6) is 0.544. The van der Waals surface area contributed by atoms with Crippen molar-refractivity contribution in [2.45, 2.75) is 13.0 Å². The molecule has 0 saturated carbocycles. The van der Waals surface area contributed by atoms with E-state index >= 15 is 0 Å². The number of nitrogens with zero attached hydrogens (tertiary/aromatic N) is 6. The second kappa shape index (κ2) is 6.96. The number of aromatic nitrogens is 4. The van der Waals surface area contributed by atoms with Gasteiger partial charge in [0.15, 0.2) is 0 Å². The third kappa shape index (κ3) is 3.61. The third-order valence-electron chi connectivity index (χ3n) is 5.09. The van der Waals surface area contributed by atoms with E-state index in [2.05, 4.69) is 39.3 Å². The van der Waals surface area contributed by atoms with Gasteiger partial charge >= 0.3 is 6.03 Å². The number of likely N-dealkylation sites (N-methyl/N-ethyl adjacent to an activating group) is 1. The molecule has 8 heteroatoms. The maximum atomic E-state index is 12.6. The van der Waals surface area contributed by atoms with Crippen molar-refractivity contribution in [1.82, 2.24) is 29.5 Å². The van der Waals surface area contributed by atoms with Gasteiger partial charge in [-0.05, 0) is 31.5 Å². The summed E-state index contributed by atoms with van der Waals surface area (Å²) in [6.45, 7) is 4.43. The molecule has 3 aromatic rings. The summed E-state index contributed by atoms with van der Waals surface area (Å²) >= 11 is 0. The number of rotatable bonds is 2. The zero-order valence-corrected chi connectivity index (χ0v) is 15.8. The molecule has 1 atom stereocenters. The maximum absolute atomic E-state index is 12.6. The Kier molecular flexibility index (Phi) is 4.49. The Hall–Kier alpha value is -3.00. The smallest absolute Gasteiger partial charge is 0.322 e. The summed E-state index contributed by atoms with van der Waals surface area (Å²) in [6, 6.07) is 4.11. The van der Waals surface area contributed by atoms with Crippen molar-refractivity contribution in [2.75, 3.05) is 32.0 Å². The van der Waals surface area contributed by atoms with Crippen molar-refractivity contribution in [3.05, 3.63) is 36.9 Å². The van der Waals surface area contributed by atoms with Crippen LogP contribution in [0.4, 0.5) is 10.6 Å². The predicted octanol–water partition coefficient (Wildman–Crippen LogP) is 2.20. The van der Waals surface area contributed by atoms with Crippen LogP contribution in [-0.4, -0.2) is 68.3 Å². The van der Waals surface area contributed by atoms with Crippen molar-refractivity contribution in [1.29, 1.82) is 0 Å². The summed E-state index contributed by atoms with van der Waals surface area (Å²) in [4.78, 5) is 25.5. The fourth-order valence-corrected chi connectivity index (χ4v) is 3.24. The molecule has 4 heterocycles. The summed E-state index contributed by atoms with van der Waals surface area (Å²) in [7, 11) is 3.96. The number of urea groups is 1. The highest BCUT2D eigenvalue weighted by Gasteiger charge is 2.24. The van der Waals surface area contributed by atoms with Crippen LogP contribution in [0.1, 0.15) is 6.92 Å². The highest BCUT2D eigenvalue weighted by molar-refractivity contribution is 5.92. The van der Waals surface area contributed by atoms with E-state index < -0.39 is 0 Å². The molecule has 1 aliphatic rings. The number of amides is 2. The van der Waals surface area contributed by atoms with Crippen LogP contribution in [-0.2, 0) is 7.05 Å². The van der Waals surface area contributed by atoms with Crippen LogP contribution < -0.4 is 5.32 Å². The summed E-state index contributed by atoms with van der Waals surface area (Å²) in [5.41, 5.74) is 1.79. The first-order chi connectivity index (χ1) is 13.0. The minimum Gasteiger partial charge on any atom is -0.322 e. The van der Waals surface area contributed by atoms with E-state index in [-0.39, 0.29) is 6.03 Å². The second-order valence-corrected chi connectivity index (χ2v) is 7.09. The van der Waals surface area contributed by atoms with Crippen LogP contribution in [0.2, 0.25) is 0 Å². The third-order valence-corrected chi connectivity index (χ3v) is 5.09. The number of fused-ring (bicyclic) bond motifs is 1. The number of hydrogen-bond donors (Lipinski definition) is 1. The van der Waals surface area contributed by atoms with Crippen LogP contribution in [0.25, 0.3) is 22.0 Å². The molecule has 0 spiro atoms. The Bertz CT molecular complexity index is 983. The van der Waals surface area contributed by atoms with Crippen LogP contribution in [0, 0.1) is 0 Å². The van der Waals surface area contributed by atoms with Crippen LogP contribution in [0.15, 0.2) is 36.9 Å². The van der Waals surface area contributed by atoms with E-state index in [1.54, 1.807) is 23.3 Å². The molecule has 0 aliphatic carbocycles. The van der Waals surface area contributed by atoms with E-state index in [1.807, 2.05) is 30.3 Å². The van der Waals surface area contributed by atoms with Gasteiger partial charge in [-0.15, -0.1) is 0 Å². The number of pyridine rings is 2. The summed E-state index contributed by atoms with van der Waals surface area (Å²) < 4.78 is 1.75. The molecule has 2 amide bonds. The zero-order chi connectivity index (χ0) is 19.0. The highest BCUT2D eigenvalue weighted by atomic mass is 16.2. The fraction of sp³-hybridized carbons (Fsp3) is 0.368. The molecule has 1 aliphatic heterocycles. The van der Waals surface area contributed by atoms with Crippen LogP contribution >= 0.6 is 0 Å². The standard InChI is InChI=1S/C19H23N7O/c1-13-11-26(5-4-24(13)2)19(27)23-18-7-14-6-17(16-10-22-25(3)12-16)20-8-15(14)9-21-18/h6-10,12-13H,4-5,11H2,1-3H3,(H,21,23,27)/t13-/m1/s1. The quantitative estimate of drug-likeness (QED) is 0.753. The van der Waals surface area contributed by atoms with Crippen molar-refractivity contribution in [3.63, 3.8) is 0 Å². The average molecular weight is 365 g/mol. The lowest BCUT2D eigenvalue weighted by Crippen LogP contribution is -2.53. The van der Waals surface area contributed by atoms with Gasteiger partial charge < -0.3 is 9.80 Å². The molecule has 1 saturated heterocycles. The molecule has 0 aromatic carbocycles.